The maximum atomic E-state index is 12.9. The Hall–Kier alpha value is -2.63. The van der Waals surface area contributed by atoms with Crippen molar-refractivity contribution in [1.29, 1.82) is 0 Å². The number of benzene rings is 2. The van der Waals surface area contributed by atoms with E-state index in [-0.39, 0.29) is 5.91 Å². The second kappa shape index (κ2) is 11.0. The van der Waals surface area contributed by atoms with Gasteiger partial charge in [-0.3, -0.25) is 4.79 Å². The normalized spacial score (nSPS) is 11.1. The van der Waals surface area contributed by atoms with Gasteiger partial charge in [0.2, 0.25) is 5.91 Å². The Morgan fingerprint density at radius 2 is 1.77 bits per heavy atom. The number of carbonyl (C=O) groups is 1. The Bertz CT molecular complexity index is 923. The van der Waals surface area contributed by atoms with Crippen molar-refractivity contribution in [2.75, 3.05) is 27.2 Å². The fourth-order valence-corrected chi connectivity index (χ4v) is 3.26. The highest BCUT2D eigenvalue weighted by Gasteiger charge is 2.15. The zero-order valence-corrected chi connectivity index (χ0v) is 18.3. The maximum Gasteiger partial charge on any atom is 0.222 e. The van der Waals surface area contributed by atoms with Gasteiger partial charge in [-0.15, -0.1) is 0 Å². The first-order valence-electron chi connectivity index (χ1n) is 10.2. The van der Waals surface area contributed by atoms with Gasteiger partial charge in [-0.25, -0.2) is 4.98 Å². The van der Waals surface area contributed by atoms with Crippen molar-refractivity contribution in [3.63, 3.8) is 0 Å². The summed E-state index contributed by atoms with van der Waals surface area (Å²) in [7, 11) is 4.02. The lowest BCUT2D eigenvalue weighted by Gasteiger charge is -2.24. The average Bonchev–Trinajstić information content (AvgIpc) is 3.22. The van der Waals surface area contributed by atoms with Crippen LogP contribution in [0.5, 0.6) is 0 Å². The number of aromatic nitrogens is 1. The van der Waals surface area contributed by atoms with Gasteiger partial charge in [0.05, 0.1) is 6.20 Å². The molecule has 0 spiro atoms. The van der Waals surface area contributed by atoms with Gasteiger partial charge in [0.15, 0.2) is 11.7 Å². The molecule has 0 unspecified atom stereocenters. The molecule has 0 aliphatic heterocycles. The third-order valence-electron chi connectivity index (χ3n) is 4.85. The number of nitrogens with zero attached hydrogens (tertiary/aromatic N) is 3. The van der Waals surface area contributed by atoms with Gasteiger partial charge in [0.1, 0.15) is 0 Å². The predicted octanol–water partition coefficient (Wildman–Crippen LogP) is 4.91. The topological polar surface area (TPSA) is 49.6 Å². The Labute approximate surface area is 183 Å². The molecule has 0 aliphatic rings. The lowest BCUT2D eigenvalue weighted by atomic mass is 10.1. The predicted molar refractivity (Wildman–Crippen MR) is 120 cm³/mol. The van der Waals surface area contributed by atoms with E-state index in [9.17, 15) is 4.79 Å². The van der Waals surface area contributed by atoms with E-state index < -0.39 is 0 Å². The fraction of sp³-hybridized carbons (Fsp3) is 0.333. The molecular formula is C24H28ClN3O2. The molecule has 30 heavy (non-hydrogen) atoms. The third kappa shape index (κ3) is 6.71. The number of amides is 1. The molecule has 0 saturated carbocycles. The van der Waals surface area contributed by atoms with Crippen molar-refractivity contribution in [2.24, 2.45) is 0 Å². The van der Waals surface area contributed by atoms with Crippen molar-refractivity contribution in [2.45, 2.75) is 25.8 Å². The minimum Gasteiger partial charge on any atom is -0.441 e. The van der Waals surface area contributed by atoms with Crippen LogP contribution in [0, 0.1) is 0 Å². The van der Waals surface area contributed by atoms with Gasteiger partial charge in [-0.05, 0) is 38.2 Å². The Morgan fingerprint density at radius 3 is 2.47 bits per heavy atom. The summed E-state index contributed by atoms with van der Waals surface area (Å²) in [6, 6.07) is 17.6. The summed E-state index contributed by atoms with van der Waals surface area (Å²) in [5.41, 5.74) is 2.08. The molecule has 0 atom stereocenters. The monoisotopic (exact) mass is 425 g/mol. The Balaban J connectivity index is 1.54. The van der Waals surface area contributed by atoms with E-state index in [1.165, 1.54) is 0 Å². The maximum absolute atomic E-state index is 12.9. The molecule has 3 rings (SSSR count). The molecule has 5 nitrogen and oxygen atoms in total. The summed E-state index contributed by atoms with van der Waals surface area (Å²) in [4.78, 5) is 21.2. The van der Waals surface area contributed by atoms with Gasteiger partial charge < -0.3 is 14.2 Å². The van der Waals surface area contributed by atoms with E-state index in [2.05, 4.69) is 9.88 Å². The van der Waals surface area contributed by atoms with Crippen LogP contribution in [0.2, 0.25) is 5.02 Å². The van der Waals surface area contributed by atoms with Gasteiger partial charge in [-0.1, -0.05) is 54.1 Å². The minimum atomic E-state index is 0.140. The van der Waals surface area contributed by atoms with Gasteiger partial charge in [-0.2, -0.15) is 0 Å². The summed E-state index contributed by atoms with van der Waals surface area (Å²) in [6.07, 6.45) is 3.55. The molecular weight excluding hydrogens is 398 g/mol. The van der Waals surface area contributed by atoms with Gasteiger partial charge in [0.25, 0.3) is 0 Å². The summed E-state index contributed by atoms with van der Waals surface area (Å²) >= 11 is 5.98. The summed E-state index contributed by atoms with van der Waals surface area (Å²) < 4.78 is 5.84. The van der Waals surface area contributed by atoms with Crippen LogP contribution in [0.4, 0.5) is 0 Å². The number of hydrogen-bond acceptors (Lipinski definition) is 4. The van der Waals surface area contributed by atoms with Crippen LogP contribution in [-0.2, 0) is 17.8 Å². The summed E-state index contributed by atoms with van der Waals surface area (Å²) in [6.45, 7) is 2.09. The first-order valence-corrected chi connectivity index (χ1v) is 10.6. The molecule has 0 N–H and O–H groups in total. The molecule has 6 heteroatoms. The highest BCUT2D eigenvalue weighted by atomic mass is 35.5. The van der Waals surface area contributed by atoms with E-state index in [0.29, 0.717) is 43.3 Å². The van der Waals surface area contributed by atoms with Crippen molar-refractivity contribution >= 4 is 17.5 Å². The van der Waals surface area contributed by atoms with Crippen LogP contribution in [0.25, 0.3) is 11.3 Å². The number of halogens is 1. The van der Waals surface area contributed by atoms with Crippen LogP contribution < -0.4 is 0 Å². The van der Waals surface area contributed by atoms with Crippen molar-refractivity contribution < 1.29 is 9.21 Å². The zero-order valence-electron chi connectivity index (χ0n) is 17.6. The van der Waals surface area contributed by atoms with Crippen molar-refractivity contribution in [3.05, 3.63) is 77.3 Å². The molecule has 0 bridgehead atoms. The summed E-state index contributed by atoms with van der Waals surface area (Å²) in [5.74, 6) is 1.56. The van der Waals surface area contributed by atoms with Gasteiger partial charge >= 0.3 is 0 Å². The first kappa shape index (κ1) is 22.1. The van der Waals surface area contributed by atoms with Crippen molar-refractivity contribution in [3.8, 4) is 11.3 Å². The quantitative estimate of drug-likeness (QED) is 0.463. The van der Waals surface area contributed by atoms with Crippen LogP contribution in [-0.4, -0.2) is 47.9 Å². The van der Waals surface area contributed by atoms with Gasteiger partial charge in [0, 0.05) is 43.1 Å². The highest BCUT2D eigenvalue weighted by molar-refractivity contribution is 6.30. The molecule has 1 amide bonds. The Kier molecular flexibility index (Phi) is 8.05. The number of aryl methyl sites for hydroxylation is 1. The number of likely N-dealkylation sites (N-methyl/N-ethyl adjacent to an activating group) is 1. The fourth-order valence-electron chi connectivity index (χ4n) is 3.13. The summed E-state index contributed by atoms with van der Waals surface area (Å²) in [5, 5.41) is 0.700. The number of hydrogen-bond donors (Lipinski definition) is 0. The van der Waals surface area contributed by atoms with E-state index >= 15 is 0 Å². The number of carbonyl (C=O) groups excluding carboxylic acids is 1. The lowest BCUT2D eigenvalue weighted by Crippen LogP contribution is -2.36. The molecule has 2 aromatic carbocycles. The number of oxazole rings is 1. The highest BCUT2D eigenvalue weighted by Crippen LogP contribution is 2.20. The molecule has 0 aliphatic carbocycles. The molecule has 1 heterocycles. The van der Waals surface area contributed by atoms with E-state index in [0.717, 1.165) is 23.4 Å². The molecule has 3 aromatic rings. The average molecular weight is 426 g/mol. The molecule has 0 radical (unpaired) electrons. The standard InChI is InChI=1S/C24H28ClN3O2/c1-27(2)15-16-28(18-19-11-13-21(25)14-12-19)24(29)10-6-9-23-26-17-22(30-23)20-7-4-3-5-8-20/h3-5,7-8,11-14,17H,6,9-10,15-16,18H2,1-2H3. The van der Waals surface area contributed by atoms with Crippen LogP contribution in [0.15, 0.2) is 65.2 Å². The number of rotatable bonds is 10. The largest absolute Gasteiger partial charge is 0.441 e. The SMILES string of the molecule is CN(C)CCN(Cc1ccc(Cl)cc1)C(=O)CCCc1ncc(-c2ccccc2)o1. The van der Waals surface area contributed by atoms with Crippen LogP contribution in [0.3, 0.4) is 0 Å². The molecule has 158 valence electrons. The smallest absolute Gasteiger partial charge is 0.222 e. The first-order chi connectivity index (χ1) is 14.5. The van der Waals surface area contributed by atoms with E-state index in [1.54, 1.807) is 6.20 Å². The van der Waals surface area contributed by atoms with Crippen molar-refractivity contribution in [1.82, 2.24) is 14.8 Å². The molecule has 0 saturated heterocycles. The second-order valence-electron chi connectivity index (χ2n) is 7.58. The van der Waals surface area contributed by atoms with Crippen LogP contribution in [0.1, 0.15) is 24.3 Å². The van der Waals surface area contributed by atoms with E-state index in [1.807, 2.05) is 73.6 Å². The van der Waals surface area contributed by atoms with E-state index in [4.69, 9.17) is 16.0 Å². The lowest BCUT2D eigenvalue weighted by molar-refractivity contribution is -0.132. The van der Waals surface area contributed by atoms with Crippen LogP contribution >= 0.6 is 11.6 Å². The molecule has 1 aromatic heterocycles. The third-order valence-corrected chi connectivity index (χ3v) is 5.10. The Morgan fingerprint density at radius 1 is 1.03 bits per heavy atom. The zero-order chi connectivity index (χ0) is 21.3. The molecule has 0 fully saturated rings. The second-order valence-corrected chi connectivity index (χ2v) is 8.02. The minimum absolute atomic E-state index is 0.140.